The van der Waals surface area contributed by atoms with Gasteiger partial charge in [0.25, 0.3) is 0 Å². The molecule has 1 aliphatic rings. The molecule has 110 valence electrons. The van der Waals surface area contributed by atoms with Crippen molar-refractivity contribution in [3.8, 4) is 0 Å². The van der Waals surface area contributed by atoms with Crippen molar-refractivity contribution in [2.45, 2.75) is 32.4 Å². The summed E-state index contributed by atoms with van der Waals surface area (Å²) in [4.78, 5) is 14.3. The van der Waals surface area contributed by atoms with E-state index in [-0.39, 0.29) is 17.9 Å². The van der Waals surface area contributed by atoms with E-state index in [1.54, 1.807) is 0 Å². The van der Waals surface area contributed by atoms with E-state index in [1.165, 1.54) is 0 Å². The average molecular weight is 276 g/mol. The van der Waals surface area contributed by atoms with Gasteiger partial charge >= 0.3 is 0 Å². The van der Waals surface area contributed by atoms with Gasteiger partial charge in [0.2, 0.25) is 5.91 Å². The Morgan fingerprint density at radius 1 is 1.45 bits per heavy atom. The molecule has 0 spiro atoms. The van der Waals surface area contributed by atoms with Crippen LogP contribution in [0.15, 0.2) is 30.3 Å². The number of ether oxygens (including phenoxy) is 1. The lowest BCUT2D eigenvalue weighted by Gasteiger charge is -2.35. The summed E-state index contributed by atoms with van der Waals surface area (Å²) >= 11 is 0. The molecule has 0 aromatic heterocycles. The third-order valence-electron chi connectivity index (χ3n) is 4.09. The summed E-state index contributed by atoms with van der Waals surface area (Å²) < 4.78 is 5.78. The van der Waals surface area contributed by atoms with Crippen molar-refractivity contribution < 1.29 is 9.53 Å². The van der Waals surface area contributed by atoms with E-state index in [0.29, 0.717) is 19.7 Å². The lowest BCUT2D eigenvalue weighted by atomic mass is 9.98. The lowest BCUT2D eigenvalue weighted by molar-refractivity contribution is -0.141. The second kappa shape index (κ2) is 6.86. The van der Waals surface area contributed by atoms with Crippen LogP contribution < -0.4 is 5.73 Å². The molecule has 1 unspecified atom stereocenters. The third-order valence-corrected chi connectivity index (χ3v) is 4.09. The number of rotatable bonds is 4. The maximum atomic E-state index is 12.4. The summed E-state index contributed by atoms with van der Waals surface area (Å²) in [7, 11) is 0. The fraction of sp³-hybridized carbons (Fsp3) is 0.562. The van der Waals surface area contributed by atoms with E-state index in [0.717, 1.165) is 12.0 Å². The van der Waals surface area contributed by atoms with Gasteiger partial charge in [0.1, 0.15) is 6.10 Å². The zero-order valence-electron chi connectivity index (χ0n) is 12.3. The first-order valence-electron chi connectivity index (χ1n) is 7.34. The number of carbonyl (C=O) groups excluding carboxylic acids is 1. The summed E-state index contributed by atoms with van der Waals surface area (Å²) in [6.07, 6.45) is 0.873. The number of benzene rings is 1. The van der Waals surface area contributed by atoms with E-state index in [1.807, 2.05) is 42.2 Å². The first-order valence-corrected chi connectivity index (χ1v) is 7.34. The van der Waals surface area contributed by atoms with Crippen LogP contribution in [-0.2, 0) is 9.53 Å². The minimum atomic E-state index is -0.408. The highest BCUT2D eigenvalue weighted by molar-refractivity contribution is 5.82. The fourth-order valence-electron chi connectivity index (χ4n) is 2.43. The van der Waals surface area contributed by atoms with Crippen LogP contribution in [0.4, 0.5) is 0 Å². The van der Waals surface area contributed by atoms with E-state index in [2.05, 4.69) is 6.92 Å². The minimum absolute atomic E-state index is 0.0435. The van der Waals surface area contributed by atoms with Crippen LogP contribution in [0.3, 0.4) is 0 Å². The van der Waals surface area contributed by atoms with E-state index < -0.39 is 6.04 Å². The number of hydrogen-bond donors (Lipinski definition) is 1. The summed E-state index contributed by atoms with van der Waals surface area (Å²) in [5.41, 5.74) is 7.17. The largest absolute Gasteiger partial charge is 0.370 e. The molecule has 2 rings (SSSR count). The predicted octanol–water partition coefficient (Wildman–Crippen LogP) is 1.96. The Balaban J connectivity index is 2.02. The van der Waals surface area contributed by atoms with Crippen molar-refractivity contribution in [2.24, 2.45) is 11.7 Å². The molecule has 20 heavy (non-hydrogen) atoms. The van der Waals surface area contributed by atoms with Crippen LogP contribution in [0.1, 0.15) is 31.9 Å². The molecule has 0 radical (unpaired) electrons. The maximum absolute atomic E-state index is 12.4. The van der Waals surface area contributed by atoms with Gasteiger partial charge < -0.3 is 15.4 Å². The molecular formula is C16H24N2O2. The topological polar surface area (TPSA) is 55.6 Å². The van der Waals surface area contributed by atoms with Crippen LogP contribution >= 0.6 is 0 Å². The Labute approximate surface area is 120 Å². The zero-order chi connectivity index (χ0) is 14.5. The number of carbonyl (C=O) groups is 1. The third kappa shape index (κ3) is 3.38. The Hall–Kier alpha value is -1.39. The first kappa shape index (κ1) is 15.0. The van der Waals surface area contributed by atoms with E-state index in [9.17, 15) is 4.79 Å². The molecular weight excluding hydrogens is 252 g/mol. The zero-order valence-corrected chi connectivity index (χ0v) is 12.3. The Bertz CT molecular complexity index is 435. The molecule has 2 N–H and O–H groups in total. The van der Waals surface area contributed by atoms with Gasteiger partial charge in [0, 0.05) is 6.54 Å². The van der Waals surface area contributed by atoms with Gasteiger partial charge in [0.15, 0.2) is 0 Å². The highest BCUT2D eigenvalue weighted by atomic mass is 16.5. The van der Waals surface area contributed by atoms with Gasteiger partial charge in [-0.25, -0.2) is 0 Å². The molecule has 1 aliphatic heterocycles. The molecule has 1 aromatic carbocycles. The van der Waals surface area contributed by atoms with Crippen molar-refractivity contribution in [1.82, 2.24) is 4.90 Å². The molecule has 1 fully saturated rings. The van der Waals surface area contributed by atoms with Gasteiger partial charge in [-0.15, -0.1) is 0 Å². The van der Waals surface area contributed by atoms with Crippen LogP contribution in [0.2, 0.25) is 0 Å². The van der Waals surface area contributed by atoms with Crippen molar-refractivity contribution in [1.29, 1.82) is 0 Å². The van der Waals surface area contributed by atoms with Gasteiger partial charge in [-0.05, 0) is 11.5 Å². The second-order valence-electron chi connectivity index (χ2n) is 5.47. The monoisotopic (exact) mass is 276 g/mol. The summed E-state index contributed by atoms with van der Waals surface area (Å²) in [5.74, 6) is 0.254. The number of hydrogen-bond acceptors (Lipinski definition) is 3. The molecule has 0 saturated carbocycles. The molecule has 4 heteroatoms. The van der Waals surface area contributed by atoms with Crippen molar-refractivity contribution >= 4 is 5.91 Å². The standard InChI is InChI=1S/C16H24N2O2/c1-3-12(2)15(17)16(19)18-9-10-20-14(11-18)13-7-5-4-6-8-13/h4-8,12,14-15H,3,9-11,17H2,1-2H3/t12-,14?,15-/m0/s1. The second-order valence-corrected chi connectivity index (χ2v) is 5.47. The molecule has 0 aliphatic carbocycles. The van der Waals surface area contributed by atoms with Gasteiger partial charge in [-0.3, -0.25) is 4.79 Å². The van der Waals surface area contributed by atoms with Crippen molar-refractivity contribution in [3.63, 3.8) is 0 Å². The molecule has 1 amide bonds. The van der Waals surface area contributed by atoms with Crippen LogP contribution in [0.25, 0.3) is 0 Å². The highest BCUT2D eigenvalue weighted by Crippen LogP contribution is 2.22. The van der Waals surface area contributed by atoms with E-state index >= 15 is 0 Å². The predicted molar refractivity (Wildman–Crippen MR) is 79.1 cm³/mol. The fourth-order valence-corrected chi connectivity index (χ4v) is 2.43. The van der Waals surface area contributed by atoms with Crippen molar-refractivity contribution in [3.05, 3.63) is 35.9 Å². The molecule has 1 aromatic rings. The minimum Gasteiger partial charge on any atom is -0.370 e. The molecule has 4 nitrogen and oxygen atoms in total. The number of nitrogens with zero attached hydrogens (tertiary/aromatic N) is 1. The van der Waals surface area contributed by atoms with Gasteiger partial charge in [-0.2, -0.15) is 0 Å². The van der Waals surface area contributed by atoms with Crippen LogP contribution in [0, 0.1) is 5.92 Å². The summed E-state index contributed by atoms with van der Waals surface area (Å²) in [6, 6.07) is 9.62. The molecule has 1 saturated heterocycles. The number of morpholine rings is 1. The summed E-state index contributed by atoms with van der Waals surface area (Å²) in [6.45, 7) is 5.87. The van der Waals surface area contributed by atoms with Crippen molar-refractivity contribution in [2.75, 3.05) is 19.7 Å². The van der Waals surface area contributed by atoms with E-state index in [4.69, 9.17) is 10.5 Å². The molecule has 0 bridgehead atoms. The Morgan fingerprint density at radius 2 is 2.15 bits per heavy atom. The number of amides is 1. The number of nitrogens with two attached hydrogens (primary N) is 1. The quantitative estimate of drug-likeness (QED) is 0.914. The molecule has 3 atom stereocenters. The Kier molecular flexibility index (Phi) is 5.15. The normalized spacial score (nSPS) is 22.4. The van der Waals surface area contributed by atoms with Crippen LogP contribution in [0.5, 0.6) is 0 Å². The van der Waals surface area contributed by atoms with Gasteiger partial charge in [-0.1, -0.05) is 50.6 Å². The summed E-state index contributed by atoms with van der Waals surface area (Å²) in [5, 5.41) is 0. The molecule has 1 heterocycles. The Morgan fingerprint density at radius 3 is 2.80 bits per heavy atom. The lowest BCUT2D eigenvalue weighted by Crippen LogP contribution is -2.51. The van der Waals surface area contributed by atoms with Gasteiger partial charge in [0.05, 0.1) is 19.2 Å². The first-order chi connectivity index (χ1) is 9.63. The average Bonchev–Trinajstić information content (AvgIpc) is 2.53. The SMILES string of the molecule is CC[C@H](C)[C@H](N)C(=O)N1CCOC(c2ccccc2)C1. The van der Waals surface area contributed by atoms with Crippen LogP contribution in [-0.4, -0.2) is 36.5 Å². The maximum Gasteiger partial charge on any atom is 0.239 e. The highest BCUT2D eigenvalue weighted by Gasteiger charge is 2.30. The smallest absolute Gasteiger partial charge is 0.239 e.